The number of ether oxygens (including phenoxy) is 4. The molecule has 0 radical (unpaired) electrons. The van der Waals surface area contributed by atoms with Crippen molar-refractivity contribution >= 4 is 29.6 Å². The van der Waals surface area contributed by atoms with Gasteiger partial charge in [-0.3, -0.25) is 4.79 Å². The van der Waals surface area contributed by atoms with Crippen molar-refractivity contribution in [3.63, 3.8) is 0 Å². The van der Waals surface area contributed by atoms with E-state index in [0.717, 1.165) is 93.7 Å². The summed E-state index contributed by atoms with van der Waals surface area (Å²) in [6.07, 6.45) is 12.3. The minimum Gasteiger partial charge on any atom is -0.508 e. The van der Waals surface area contributed by atoms with Crippen LogP contribution in [0.5, 0.6) is 28.7 Å². The van der Waals surface area contributed by atoms with Crippen LogP contribution in [0.25, 0.3) is 23.3 Å². The number of carbonyl (C=O) groups excluding carboxylic acids is 1. The van der Waals surface area contributed by atoms with Gasteiger partial charge in [0.1, 0.15) is 48.1 Å². The van der Waals surface area contributed by atoms with E-state index in [9.17, 15) is 15.0 Å². The van der Waals surface area contributed by atoms with E-state index < -0.39 is 17.4 Å². The van der Waals surface area contributed by atoms with Crippen molar-refractivity contribution in [1.82, 2.24) is 10.3 Å². The second kappa shape index (κ2) is 16.8. The maximum absolute atomic E-state index is 12.7. The lowest BCUT2D eigenvalue weighted by Gasteiger charge is -2.41. The fraction of sp³-hybridized carbons (Fsp3) is 0.357. The highest BCUT2D eigenvalue weighted by Crippen LogP contribution is 2.64. The van der Waals surface area contributed by atoms with Crippen molar-refractivity contribution < 1.29 is 34.0 Å². The number of likely N-dealkylation sites (N-methyl/N-ethyl adjacent to an activating group) is 1. The lowest BCUT2D eigenvalue weighted by molar-refractivity contribution is -0.141. The average Bonchev–Trinajstić information content (AvgIpc) is 3.81. The predicted octanol–water partition coefficient (Wildman–Crippen LogP) is 9.13. The quantitative estimate of drug-likeness (QED) is 0.0748. The molecule has 1 spiro atoms. The first-order valence-corrected chi connectivity index (χ1v) is 23.6. The molecule has 0 amide bonds. The largest absolute Gasteiger partial charge is 0.508 e. The summed E-state index contributed by atoms with van der Waals surface area (Å²) in [5.74, 6) is 8.96. The van der Waals surface area contributed by atoms with Gasteiger partial charge >= 0.3 is 5.97 Å². The van der Waals surface area contributed by atoms with E-state index in [1.807, 2.05) is 31.3 Å². The fourth-order valence-electron chi connectivity index (χ4n) is 12.6. The zero-order chi connectivity index (χ0) is 46.1. The van der Waals surface area contributed by atoms with Gasteiger partial charge in [0.25, 0.3) is 0 Å². The third-order valence-electron chi connectivity index (χ3n) is 15.3. The van der Waals surface area contributed by atoms with Crippen LogP contribution in [0, 0.1) is 23.7 Å². The number of methoxy groups -OCH3 is 1. The number of nitrogens with two attached hydrogens (primary N) is 1. The summed E-state index contributed by atoms with van der Waals surface area (Å²) in [7, 11) is 3.53. The maximum atomic E-state index is 12.7. The van der Waals surface area contributed by atoms with Crippen molar-refractivity contribution in [2.75, 3.05) is 45.0 Å². The second-order valence-corrected chi connectivity index (χ2v) is 19.1. The number of anilines is 2. The van der Waals surface area contributed by atoms with Crippen LogP contribution in [0.3, 0.4) is 0 Å². The molecule has 6 N–H and O–H groups in total. The molecule has 7 atom stereocenters. The van der Waals surface area contributed by atoms with Crippen LogP contribution < -0.4 is 30.6 Å². The van der Waals surface area contributed by atoms with Crippen molar-refractivity contribution in [2.24, 2.45) is 11.8 Å². The monoisotopic (exact) mass is 896 g/mol. The van der Waals surface area contributed by atoms with Gasteiger partial charge in [-0.2, -0.15) is 0 Å². The molecule has 6 aliphatic rings. The Kier molecular flexibility index (Phi) is 10.7. The maximum Gasteiger partial charge on any atom is 0.302 e. The summed E-state index contributed by atoms with van der Waals surface area (Å²) in [4.78, 5) is 17.7. The van der Waals surface area contributed by atoms with Crippen LogP contribution in [0.2, 0.25) is 0 Å². The summed E-state index contributed by atoms with van der Waals surface area (Å²) in [6.45, 7) is 4.76. The molecule has 342 valence electrons. The molecule has 4 aromatic carbocycles. The molecule has 3 aliphatic heterocycles. The SMILES string of the molecule is CCNc1ccccc1C[C@@H]1C=Cc2cc(N)nc3c2[C@H]1[C@@H]1CC[C@]2(Cc4cc(O)cc(OC)c4-c4ccc5c(c42)O[C@H](c2c(cc(O)c4c2C=C[C@H](NC)CO4)CC#C3)[C@H]5COC(C)=O)C1. The van der Waals surface area contributed by atoms with E-state index in [1.54, 1.807) is 19.2 Å². The number of carbonyl (C=O) groups is 1. The van der Waals surface area contributed by atoms with E-state index in [4.69, 9.17) is 29.7 Å². The Labute approximate surface area is 391 Å². The smallest absolute Gasteiger partial charge is 0.302 e. The number of nitrogens with one attached hydrogen (secondary N) is 2. The van der Waals surface area contributed by atoms with Crippen LogP contribution in [-0.2, 0) is 34.2 Å². The standard InChI is InChI=1S/C56H56N4O7/c1-5-59-43-11-7-6-9-31(43)21-33-13-14-34-24-47(57)60-44-12-8-10-32-23-45(63)53-41(16-15-37(58-3)28-66-53)50(32)54-42(29-65-30(2)61)39-17-18-40-49-36(22-38(62)25-46(49)64-4)27-56(52(40)55(39)67-54)20-19-35(26-56)48(33)51(34)44/h6-7,9,11,13-18,22-25,33,35,37,42,48,54,58-59,62-63H,5,10,19-21,26-29H2,1-4H3,(H2,57,60)/t33-,35+,37-,42-,48+,54-,56+/m0/s1. The van der Waals surface area contributed by atoms with E-state index in [2.05, 4.69) is 77.9 Å². The molecule has 4 heterocycles. The van der Waals surface area contributed by atoms with Crippen LogP contribution >= 0.6 is 0 Å². The Balaban J connectivity index is 1.19. The number of pyridine rings is 1. The zero-order valence-electron chi connectivity index (χ0n) is 38.4. The number of phenols is 2. The van der Waals surface area contributed by atoms with Gasteiger partial charge in [0.15, 0.2) is 11.5 Å². The first-order valence-electron chi connectivity index (χ1n) is 23.6. The Bertz CT molecular complexity index is 2980. The number of hydrogen-bond donors (Lipinski definition) is 5. The lowest BCUT2D eigenvalue weighted by Crippen LogP contribution is -2.32. The van der Waals surface area contributed by atoms with Crippen molar-refractivity contribution in [1.29, 1.82) is 0 Å². The number of hydrogen-bond acceptors (Lipinski definition) is 11. The third-order valence-corrected chi connectivity index (χ3v) is 15.3. The first-order chi connectivity index (χ1) is 32.6. The Morgan fingerprint density at radius 2 is 1.91 bits per heavy atom. The molecule has 5 aromatic rings. The Hall–Kier alpha value is -6.90. The molecular formula is C56H56N4O7. The summed E-state index contributed by atoms with van der Waals surface area (Å²) < 4.78 is 26.0. The summed E-state index contributed by atoms with van der Waals surface area (Å²) in [6, 6.07) is 20.1. The number of allylic oxidation sites excluding steroid dienone is 1. The fourth-order valence-corrected chi connectivity index (χ4v) is 12.6. The van der Waals surface area contributed by atoms with Crippen LogP contribution in [0.4, 0.5) is 11.5 Å². The lowest BCUT2D eigenvalue weighted by atomic mass is 9.63. The minimum absolute atomic E-state index is 0.00728. The second-order valence-electron chi connectivity index (χ2n) is 19.1. The topological polar surface area (TPSA) is 157 Å². The highest BCUT2D eigenvalue weighted by Gasteiger charge is 2.53. The number of rotatable bonds is 8. The number of fused-ring (bicyclic) bond motifs is 9. The molecule has 0 unspecified atom stereocenters. The van der Waals surface area contributed by atoms with Gasteiger partial charge in [-0.25, -0.2) is 4.98 Å². The van der Waals surface area contributed by atoms with Gasteiger partial charge in [0.2, 0.25) is 0 Å². The Morgan fingerprint density at radius 1 is 1.04 bits per heavy atom. The molecule has 1 aromatic heterocycles. The molecule has 11 heteroatoms. The molecule has 1 saturated carbocycles. The molecule has 11 nitrogen and oxygen atoms in total. The van der Waals surface area contributed by atoms with E-state index in [0.29, 0.717) is 41.6 Å². The third kappa shape index (κ3) is 7.16. The number of benzene rings is 4. The van der Waals surface area contributed by atoms with E-state index >= 15 is 0 Å². The highest BCUT2D eigenvalue weighted by molar-refractivity contribution is 5.85. The van der Waals surface area contributed by atoms with Gasteiger partial charge in [-0.1, -0.05) is 60.6 Å². The van der Waals surface area contributed by atoms with Gasteiger partial charge in [0.05, 0.1) is 19.1 Å². The Morgan fingerprint density at radius 3 is 2.73 bits per heavy atom. The number of aromatic nitrogens is 1. The molecule has 1 fully saturated rings. The minimum atomic E-state index is -0.651. The van der Waals surface area contributed by atoms with Gasteiger partial charge in [-0.05, 0) is 127 Å². The van der Waals surface area contributed by atoms with E-state index in [1.165, 1.54) is 12.5 Å². The molecule has 3 aliphatic carbocycles. The first kappa shape index (κ1) is 42.7. The molecule has 67 heavy (non-hydrogen) atoms. The molecule has 0 saturated heterocycles. The number of nitrogens with zero attached hydrogens (tertiary/aromatic N) is 1. The van der Waals surface area contributed by atoms with Gasteiger partial charge in [0, 0.05) is 64.9 Å². The normalized spacial score (nSPS) is 24.4. The van der Waals surface area contributed by atoms with Crippen molar-refractivity contribution in [3.05, 3.63) is 129 Å². The van der Waals surface area contributed by atoms with Crippen molar-refractivity contribution in [3.8, 4) is 51.7 Å². The van der Waals surface area contributed by atoms with Crippen LogP contribution in [0.1, 0.15) is 107 Å². The number of nitrogen functional groups attached to an aromatic ring is 1. The summed E-state index contributed by atoms with van der Waals surface area (Å²) >= 11 is 0. The highest BCUT2D eigenvalue weighted by atomic mass is 16.5. The molecular weight excluding hydrogens is 841 g/mol. The van der Waals surface area contributed by atoms with Crippen LogP contribution in [-0.4, -0.2) is 61.1 Å². The summed E-state index contributed by atoms with van der Waals surface area (Å²) in [5.41, 5.74) is 18.8. The number of para-hydroxylation sites is 1. The zero-order valence-corrected chi connectivity index (χ0v) is 38.4. The number of phenolic OH excluding ortho intramolecular Hbond substituents is 2. The van der Waals surface area contributed by atoms with Crippen molar-refractivity contribution in [2.45, 2.75) is 81.8 Å². The molecule has 11 rings (SSSR count). The molecule has 4 bridgehead atoms. The number of aromatic hydroxyl groups is 2. The van der Waals surface area contributed by atoms with Gasteiger partial charge < -0.3 is 45.5 Å². The predicted molar refractivity (Wildman–Crippen MR) is 260 cm³/mol. The van der Waals surface area contributed by atoms with Crippen LogP contribution in [0.15, 0.2) is 72.8 Å². The van der Waals surface area contributed by atoms with E-state index in [-0.39, 0.29) is 54.3 Å². The van der Waals surface area contributed by atoms with Gasteiger partial charge in [-0.15, -0.1) is 0 Å². The average molecular weight is 897 g/mol. The summed E-state index contributed by atoms with van der Waals surface area (Å²) in [5, 5.41) is 29.9. The number of esters is 1.